The van der Waals surface area contributed by atoms with Gasteiger partial charge in [-0.25, -0.2) is 15.0 Å². The van der Waals surface area contributed by atoms with Crippen LogP contribution < -0.4 is 4.90 Å². The van der Waals surface area contributed by atoms with Crippen molar-refractivity contribution in [2.75, 3.05) is 51.3 Å². The second kappa shape index (κ2) is 8.17. The number of anilines is 1. The number of piperazine rings is 1. The summed E-state index contributed by atoms with van der Waals surface area (Å²) < 4.78 is 48.7. The molecule has 0 saturated carbocycles. The minimum atomic E-state index is -4.68. The zero-order chi connectivity index (χ0) is 22.5. The lowest BCUT2D eigenvalue weighted by Crippen LogP contribution is -2.45. The lowest BCUT2D eigenvalue weighted by molar-refractivity contribution is -0.144. The van der Waals surface area contributed by atoms with Gasteiger partial charge in [0, 0.05) is 38.3 Å². The van der Waals surface area contributed by atoms with Crippen LogP contribution in [0.3, 0.4) is 0 Å². The van der Waals surface area contributed by atoms with Crippen LogP contribution in [0.4, 0.5) is 19.0 Å². The van der Waals surface area contributed by atoms with Gasteiger partial charge < -0.3 is 19.1 Å². The fourth-order valence-corrected chi connectivity index (χ4v) is 4.45. The van der Waals surface area contributed by atoms with Crippen LogP contribution in [0.15, 0.2) is 24.3 Å². The maximum atomic E-state index is 13.8. The highest BCUT2D eigenvalue weighted by molar-refractivity contribution is 6.33. The standard InChI is InChI=1S/C21H22ClF3N6O/c1-29-7-9-30(10-8-29)18-16-19(28-20(27-18)21(23,24)25)31(13-6-11-32-12-13)17(26-16)14-4-2-3-5-15(14)22/h2-5,13H,6-12H2,1H3. The number of halogens is 4. The van der Waals surface area contributed by atoms with E-state index in [1.807, 2.05) is 24.1 Å². The van der Waals surface area contributed by atoms with Gasteiger partial charge in [-0.1, -0.05) is 23.7 Å². The highest BCUT2D eigenvalue weighted by atomic mass is 35.5. The van der Waals surface area contributed by atoms with Crippen molar-refractivity contribution in [3.63, 3.8) is 0 Å². The lowest BCUT2D eigenvalue weighted by Gasteiger charge is -2.33. The molecule has 2 aromatic heterocycles. The Kier molecular flexibility index (Phi) is 5.47. The molecule has 7 nitrogen and oxygen atoms in total. The van der Waals surface area contributed by atoms with Gasteiger partial charge in [-0.15, -0.1) is 0 Å². The van der Waals surface area contributed by atoms with E-state index in [0.717, 1.165) is 13.1 Å². The van der Waals surface area contributed by atoms with Crippen molar-refractivity contribution < 1.29 is 17.9 Å². The fourth-order valence-electron chi connectivity index (χ4n) is 4.23. The van der Waals surface area contributed by atoms with E-state index in [1.54, 1.807) is 16.7 Å². The van der Waals surface area contributed by atoms with Gasteiger partial charge in [0.1, 0.15) is 5.82 Å². The van der Waals surface area contributed by atoms with Crippen molar-refractivity contribution in [1.82, 2.24) is 24.4 Å². The number of hydrogen-bond acceptors (Lipinski definition) is 6. The van der Waals surface area contributed by atoms with Crippen molar-refractivity contribution in [3.05, 3.63) is 35.1 Å². The van der Waals surface area contributed by atoms with Crippen molar-refractivity contribution in [3.8, 4) is 11.4 Å². The number of hydrogen-bond donors (Lipinski definition) is 0. The number of imidazole rings is 1. The summed E-state index contributed by atoms with van der Waals surface area (Å²) in [7, 11) is 1.98. The first kappa shape index (κ1) is 21.4. The van der Waals surface area contributed by atoms with Gasteiger partial charge >= 0.3 is 6.18 Å². The number of fused-ring (bicyclic) bond motifs is 1. The number of likely N-dealkylation sites (N-methyl/N-ethyl adjacent to an activating group) is 1. The molecule has 1 unspecified atom stereocenters. The number of aromatic nitrogens is 4. The minimum absolute atomic E-state index is 0.159. The summed E-state index contributed by atoms with van der Waals surface area (Å²) in [6, 6.07) is 6.98. The summed E-state index contributed by atoms with van der Waals surface area (Å²) in [5.74, 6) is -0.476. The summed E-state index contributed by atoms with van der Waals surface area (Å²) in [5, 5.41) is 0.466. The smallest absolute Gasteiger partial charge is 0.379 e. The molecule has 2 fully saturated rings. The number of nitrogens with zero attached hydrogens (tertiary/aromatic N) is 6. The zero-order valence-electron chi connectivity index (χ0n) is 17.4. The van der Waals surface area contributed by atoms with E-state index in [-0.39, 0.29) is 17.5 Å². The average Bonchev–Trinajstić information content (AvgIpc) is 3.41. The van der Waals surface area contributed by atoms with Gasteiger partial charge in [0.05, 0.1) is 17.7 Å². The molecule has 0 spiro atoms. The van der Waals surface area contributed by atoms with Crippen molar-refractivity contribution in [1.29, 1.82) is 0 Å². The zero-order valence-corrected chi connectivity index (χ0v) is 18.2. The van der Waals surface area contributed by atoms with Gasteiger partial charge in [-0.2, -0.15) is 13.2 Å². The number of alkyl halides is 3. The first-order valence-corrected chi connectivity index (χ1v) is 10.8. The molecule has 0 radical (unpaired) electrons. The average molecular weight is 467 g/mol. The summed E-state index contributed by atoms with van der Waals surface area (Å²) >= 11 is 6.46. The maximum Gasteiger partial charge on any atom is 0.451 e. The quantitative estimate of drug-likeness (QED) is 0.584. The molecule has 0 bridgehead atoms. The van der Waals surface area contributed by atoms with Gasteiger partial charge in [-0.05, 0) is 25.6 Å². The SMILES string of the molecule is CN1CCN(c2nc(C(F)(F)F)nc3c2nc(-c2ccccc2Cl)n3C2CCOC2)CC1. The van der Waals surface area contributed by atoms with Gasteiger partial charge in [0.15, 0.2) is 17.0 Å². The monoisotopic (exact) mass is 466 g/mol. The third-order valence-electron chi connectivity index (χ3n) is 5.96. The van der Waals surface area contributed by atoms with E-state index in [2.05, 4.69) is 14.9 Å². The lowest BCUT2D eigenvalue weighted by atomic mass is 10.2. The molecule has 2 aliphatic heterocycles. The van der Waals surface area contributed by atoms with E-state index < -0.39 is 12.0 Å². The Bertz CT molecular complexity index is 1140. The summed E-state index contributed by atoms with van der Waals surface area (Å²) in [4.78, 5) is 16.7. The van der Waals surface area contributed by atoms with E-state index in [4.69, 9.17) is 21.3 Å². The Hall–Kier alpha value is -2.43. The molecule has 1 atom stereocenters. The third kappa shape index (κ3) is 3.80. The third-order valence-corrected chi connectivity index (χ3v) is 6.29. The Labute approximate surface area is 187 Å². The summed E-state index contributed by atoms with van der Waals surface area (Å²) in [6.45, 7) is 3.46. The van der Waals surface area contributed by atoms with Crippen molar-refractivity contribution in [2.45, 2.75) is 18.6 Å². The van der Waals surface area contributed by atoms with Crippen molar-refractivity contribution >= 4 is 28.6 Å². The molecular weight excluding hydrogens is 445 g/mol. The molecule has 0 N–H and O–H groups in total. The van der Waals surface area contributed by atoms with Crippen molar-refractivity contribution in [2.24, 2.45) is 0 Å². The van der Waals surface area contributed by atoms with Gasteiger partial charge in [0.25, 0.3) is 0 Å². The molecule has 0 amide bonds. The molecule has 2 aliphatic rings. The maximum absolute atomic E-state index is 13.8. The van der Waals surface area contributed by atoms with E-state index in [0.29, 0.717) is 54.7 Å². The number of ether oxygens (including phenoxy) is 1. The van der Waals surface area contributed by atoms with E-state index >= 15 is 0 Å². The fraction of sp³-hybridized carbons (Fsp3) is 0.476. The second-order valence-corrected chi connectivity index (χ2v) is 8.54. The van der Waals surface area contributed by atoms with Crippen LogP contribution in [0.25, 0.3) is 22.6 Å². The normalized spacial score (nSPS) is 20.4. The Morgan fingerprint density at radius 2 is 1.81 bits per heavy atom. The van der Waals surface area contributed by atoms with E-state index in [1.165, 1.54) is 0 Å². The van der Waals surface area contributed by atoms with Crippen LogP contribution in [0.5, 0.6) is 0 Å². The highest BCUT2D eigenvalue weighted by Crippen LogP contribution is 2.38. The van der Waals surface area contributed by atoms with Gasteiger partial charge in [0.2, 0.25) is 5.82 Å². The summed E-state index contributed by atoms with van der Waals surface area (Å²) in [6.07, 6.45) is -4.03. The second-order valence-electron chi connectivity index (χ2n) is 8.13. The minimum Gasteiger partial charge on any atom is -0.379 e. The molecule has 2 saturated heterocycles. The number of rotatable bonds is 3. The molecule has 3 aromatic rings. The molecule has 0 aliphatic carbocycles. The van der Waals surface area contributed by atoms with Crippen LogP contribution in [-0.2, 0) is 10.9 Å². The molecule has 170 valence electrons. The molecule has 1 aromatic carbocycles. The molecular formula is C21H22ClF3N6O. The van der Waals surface area contributed by atoms with Gasteiger partial charge in [-0.3, -0.25) is 0 Å². The molecule has 11 heteroatoms. The van der Waals surface area contributed by atoms with Crippen LogP contribution >= 0.6 is 11.6 Å². The first-order chi connectivity index (χ1) is 15.3. The van der Waals surface area contributed by atoms with Crippen LogP contribution in [-0.4, -0.2) is 70.9 Å². The van der Waals surface area contributed by atoms with Crippen LogP contribution in [0, 0.1) is 0 Å². The molecule has 4 heterocycles. The first-order valence-electron chi connectivity index (χ1n) is 10.5. The highest BCUT2D eigenvalue weighted by Gasteiger charge is 2.38. The van der Waals surface area contributed by atoms with Crippen LogP contribution in [0.2, 0.25) is 5.02 Å². The predicted octanol–water partition coefficient (Wildman–Crippen LogP) is 3.88. The molecule has 5 rings (SSSR count). The Morgan fingerprint density at radius 1 is 1.06 bits per heavy atom. The topological polar surface area (TPSA) is 59.3 Å². The summed E-state index contributed by atoms with van der Waals surface area (Å²) in [5.41, 5.74) is 1.15. The Balaban J connectivity index is 1.78. The number of benzene rings is 1. The largest absolute Gasteiger partial charge is 0.451 e. The predicted molar refractivity (Wildman–Crippen MR) is 115 cm³/mol. The van der Waals surface area contributed by atoms with E-state index in [9.17, 15) is 13.2 Å². The molecule has 32 heavy (non-hydrogen) atoms. The van der Waals surface area contributed by atoms with Crippen LogP contribution in [0.1, 0.15) is 18.3 Å². The Morgan fingerprint density at radius 3 is 2.47 bits per heavy atom.